The standard InChI is InChI=1S/C18H30N2O/c1-18(2,3)19-13-15-9-11-20(12-10-15)14-16-5-7-17(21-4)8-6-16/h5-8,15,19H,9-14H2,1-4H3. The monoisotopic (exact) mass is 290 g/mol. The van der Waals surface area contributed by atoms with Crippen LogP contribution in [0, 0.1) is 5.92 Å². The van der Waals surface area contributed by atoms with Crippen LogP contribution in [0.5, 0.6) is 5.75 Å². The van der Waals surface area contributed by atoms with Crippen molar-refractivity contribution >= 4 is 0 Å². The molecule has 1 aliphatic heterocycles. The first-order chi connectivity index (χ1) is 9.96. The van der Waals surface area contributed by atoms with Crippen molar-refractivity contribution in [2.24, 2.45) is 5.92 Å². The number of benzene rings is 1. The average molecular weight is 290 g/mol. The van der Waals surface area contributed by atoms with Gasteiger partial charge in [-0.15, -0.1) is 0 Å². The van der Waals surface area contributed by atoms with Crippen molar-refractivity contribution in [3.8, 4) is 5.75 Å². The Balaban J connectivity index is 1.73. The lowest BCUT2D eigenvalue weighted by Gasteiger charge is -2.33. The number of hydrogen-bond acceptors (Lipinski definition) is 3. The van der Waals surface area contributed by atoms with Gasteiger partial charge in [0.05, 0.1) is 7.11 Å². The van der Waals surface area contributed by atoms with Crippen LogP contribution < -0.4 is 10.1 Å². The Labute approximate surface area is 129 Å². The second kappa shape index (κ2) is 7.28. The van der Waals surface area contributed by atoms with E-state index in [0.29, 0.717) is 0 Å². The van der Waals surface area contributed by atoms with E-state index < -0.39 is 0 Å². The van der Waals surface area contributed by atoms with Crippen LogP contribution >= 0.6 is 0 Å². The third-order valence-electron chi connectivity index (χ3n) is 4.19. The number of ether oxygens (including phenoxy) is 1. The van der Waals surface area contributed by atoms with E-state index in [0.717, 1.165) is 24.8 Å². The van der Waals surface area contributed by atoms with Gasteiger partial charge in [0.2, 0.25) is 0 Å². The minimum absolute atomic E-state index is 0.236. The summed E-state index contributed by atoms with van der Waals surface area (Å²) in [6.45, 7) is 11.4. The fourth-order valence-electron chi connectivity index (χ4n) is 2.79. The molecule has 0 bridgehead atoms. The van der Waals surface area contributed by atoms with Crippen LogP contribution in [0.15, 0.2) is 24.3 Å². The topological polar surface area (TPSA) is 24.5 Å². The Kier molecular flexibility index (Phi) is 5.65. The second-order valence-electron chi connectivity index (χ2n) is 7.20. The summed E-state index contributed by atoms with van der Waals surface area (Å²) in [6.07, 6.45) is 2.61. The lowest BCUT2D eigenvalue weighted by molar-refractivity contribution is 0.170. The molecule has 1 aliphatic rings. The Morgan fingerprint density at radius 2 is 1.76 bits per heavy atom. The maximum atomic E-state index is 5.21. The molecule has 0 amide bonds. The molecule has 2 rings (SSSR count). The molecule has 1 saturated heterocycles. The maximum Gasteiger partial charge on any atom is 0.118 e. The highest BCUT2D eigenvalue weighted by atomic mass is 16.5. The molecule has 1 fully saturated rings. The molecule has 0 atom stereocenters. The Morgan fingerprint density at radius 3 is 2.29 bits per heavy atom. The fraction of sp³-hybridized carbons (Fsp3) is 0.667. The van der Waals surface area contributed by atoms with Gasteiger partial charge < -0.3 is 10.1 Å². The molecule has 1 aromatic carbocycles. The minimum Gasteiger partial charge on any atom is -0.497 e. The van der Waals surface area contributed by atoms with Gasteiger partial charge in [0.15, 0.2) is 0 Å². The van der Waals surface area contributed by atoms with Gasteiger partial charge in [-0.3, -0.25) is 4.90 Å². The summed E-state index contributed by atoms with van der Waals surface area (Å²) in [6, 6.07) is 8.45. The summed E-state index contributed by atoms with van der Waals surface area (Å²) in [5.41, 5.74) is 1.61. The van der Waals surface area contributed by atoms with Gasteiger partial charge in [-0.1, -0.05) is 12.1 Å². The molecule has 0 radical (unpaired) electrons. The van der Waals surface area contributed by atoms with Crippen LogP contribution in [0.2, 0.25) is 0 Å². The summed E-state index contributed by atoms with van der Waals surface area (Å²) in [5, 5.41) is 3.64. The molecule has 118 valence electrons. The van der Waals surface area contributed by atoms with Gasteiger partial charge in [-0.2, -0.15) is 0 Å². The molecule has 3 heteroatoms. The predicted molar refractivity (Wildman–Crippen MR) is 88.8 cm³/mol. The molecular formula is C18H30N2O. The number of rotatable bonds is 5. The van der Waals surface area contributed by atoms with Gasteiger partial charge >= 0.3 is 0 Å². The number of nitrogens with one attached hydrogen (secondary N) is 1. The Bertz CT molecular complexity index is 414. The molecule has 0 aromatic heterocycles. The van der Waals surface area contributed by atoms with E-state index in [1.54, 1.807) is 7.11 Å². The summed E-state index contributed by atoms with van der Waals surface area (Å²) in [4.78, 5) is 2.56. The van der Waals surface area contributed by atoms with Crippen LogP contribution in [-0.4, -0.2) is 37.2 Å². The number of methoxy groups -OCH3 is 1. The zero-order valence-electron chi connectivity index (χ0n) is 14.0. The minimum atomic E-state index is 0.236. The second-order valence-corrected chi connectivity index (χ2v) is 7.20. The zero-order valence-corrected chi connectivity index (χ0v) is 14.0. The van der Waals surface area contributed by atoms with Crippen molar-refractivity contribution in [3.05, 3.63) is 29.8 Å². The quantitative estimate of drug-likeness (QED) is 0.900. The summed E-state index contributed by atoms with van der Waals surface area (Å²) < 4.78 is 5.21. The number of likely N-dealkylation sites (tertiary alicyclic amines) is 1. The molecule has 0 saturated carbocycles. The third kappa shape index (κ3) is 5.68. The van der Waals surface area contributed by atoms with Crippen LogP contribution in [-0.2, 0) is 6.54 Å². The van der Waals surface area contributed by atoms with E-state index in [1.165, 1.54) is 31.5 Å². The Hall–Kier alpha value is -1.06. The van der Waals surface area contributed by atoms with Crippen LogP contribution in [0.1, 0.15) is 39.2 Å². The van der Waals surface area contributed by atoms with Gasteiger partial charge in [-0.25, -0.2) is 0 Å². The lowest BCUT2D eigenvalue weighted by Crippen LogP contribution is -2.42. The molecule has 0 spiro atoms. The first kappa shape index (κ1) is 16.3. The van der Waals surface area contributed by atoms with E-state index in [-0.39, 0.29) is 5.54 Å². The van der Waals surface area contributed by atoms with Crippen LogP contribution in [0.4, 0.5) is 0 Å². The SMILES string of the molecule is COc1ccc(CN2CCC(CNC(C)(C)C)CC2)cc1. The third-order valence-corrected chi connectivity index (χ3v) is 4.19. The summed E-state index contributed by atoms with van der Waals surface area (Å²) in [5.74, 6) is 1.77. The van der Waals surface area contributed by atoms with E-state index in [1.807, 2.05) is 0 Å². The highest BCUT2D eigenvalue weighted by Gasteiger charge is 2.20. The van der Waals surface area contributed by atoms with Crippen molar-refractivity contribution in [2.75, 3.05) is 26.7 Å². The van der Waals surface area contributed by atoms with E-state index in [2.05, 4.69) is 55.3 Å². The van der Waals surface area contributed by atoms with Crippen molar-refractivity contribution < 1.29 is 4.74 Å². The smallest absolute Gasteiger partial charge is 0.118 e. The van der Waals surface area contributed by atoms with Crippen molar-refractivity contribution in [1.82, 2.24) is 10.2 Å². The molecule has 1 aromatic rings. The van der Waals surface area contributed by atoms with Gasteiger partial charge in [0.1, 0.15) is 5.75 Å². The molecular weight excluding hydrogens is 260 g/mol. The normalized spacial score (nSPS) is 17.9. The van der Waals surface area contributed by atoms with Crippen LogP contribution in [0.25, 0.3) is 0 Å². The number of piperidine rings is 1. The summed E-state index contributed by atoms with van der Waals surface area (Å²) >= 11 is 0. The molecule has 21 heavy (non-hydrogen) atoms. The van der Waals surface area contributed by atoms with Gasteiger partial charge in [-0.05, 0) is 76.9 Å². The average Bonchev–Trinajstić information content (AvgIpc) is 2.46. The van der Waals surface area contributed by atoms with Crippen LogP contribution in [0.3, 0.4) is 0 Å². The number of nitrogens with zero attached hydrogens (tertiary/aromatic N) is 1. The highest BCUT2D eigenvalue weighted by Crippen LogP contribution is 2.20. The molecule has 3 nitrogen and oxygen atoms in total. The van der Waals surface area contributed by atoms with Gasteiger partial charge in [0, 0.05) is 12.1 Å². The first-order valence-corrected chi connectivity index (χ1v) is 8.06. The van der Waals surface area contributed by atoms with Gasteiger partial charge in [0.25, 0.3) is 0 Å². The van der Waals surface area contributed by atoms with E-state index in [9.17, 15) is 0 Å². The zero-order chi connectivity index (χ0) is 15.3. The molecule has 1 heterocycles. The van der Waals surface area contributed by atoms with E-state index in [4.69, 9.17) is 4.74 Å². The van der Waals surface area contributed by atoms with Crippen molar-refractivity contribution in [3.63, 3.8) is 0 Å². The molecule has 1 N–H and O–H groups in total. The lowest BCUT2D eigenvalue weighted by atomic mass is 9.95. The Morgan fingerprint density at radius 1 is 1.14 bits per heavy atom. The predicted octanol–water partition coefficient (Wildman–Crippen LogP) is 3.30. The maximum absolute atomic E-state index is 5.21. The largest absolute Gasteiger partial charge is 0.497 e. The summed E-state index contributed by atoms with van der Waals surface area (Å²) in [7, 11) is 1.71. The molecule has 0 aliphatic carbocycles. The fourth-order valence-corrected chi connectivity index (χ4v) is 2.79. The van der Waals surface area contributed by atoms with Crippen molar-refractivity contribution in [2.45, 2.75) is 45.7 Å². The molecule has 0 unspecified atom stereocenters. The van der Waals surface area contributed by atoms with Crippen molar-refractivity contribution in [1.29, 1.82) is 0 Å². The highest BCUT2D eigenvalue weighted by molar-refractivity contribution is 5.27. The first-order valence-electron chi connectivity index (χ1n) is 8.06. The van der Waals surface area contributed by atoms with E-state index >= 15 is 0 Å². The number of hydrogen-bond donors (Lipinski definition) is 1.